The summed E-state index contributed by atoms with van der Waals surface area (Å²) >= 11 is 8.68. The lowest BCUT2D eigenvalue weighted by Crippen LogP contribution is -1.95. The fraction of sp³-hybridized carbons (Fsp3) is 0. The van der Waals surface area contributed by atoms with E-state index >= 15 is 0 Å². The van der Waals surface area contributed by atoms with Crippen LogP contribution in [0.15, 0.2) is 62.7 Å². The SMILES string of the molecule is Nc1csc(NN=Cc2cc([N+](=O)[O-])ccc2Sc2ccc(Cl)cc2)n1. The Balaban J connectivity index is 1.85. The van der Waals surface area contributed by atoms with Crippen molar-refractivity contribution in [1.82, 2.24) is 4.98 Å². The lowest BCUT2D eigenvalue weighted by Gasteiger charge is -2.06. The zero-order valence-corrected chi connectivity index (χ0v) is 15.5. The minimum Gasteiger partial charge on any atom is -0.383 e. The maximum absolute atomic E-state index is 11.1. The number of nitro groups is 1. The summed E-state index contributed by atoms with van der Waals surface area (Å²) in [7, 11) is 0. The summed E-state index contributed by atoms with van der Waals surface area (Å²) in [4.78, 5) is 16.4. The Kier molecular flexibility index (Phi) is 5.71. The fourth-order valence-corrected chi connectivity index (χ4v) is 3.53. The van der Waals surface area contributed by atoms with E-state index in [0.29, 0.717) is 21.5 Å². The molecule has 26 heavy (non-hydrogen) atoms. The number of thiazole rings is 1. The molecule has 0 spiro atoms. The molecule has 1 aromatic heterocycles. The number of hydrogen-bond acceptors (Lipinski definition) is 8. The van der Waals surface area contributed by atoms with Crippen molar-refractivity contribution in [2.75, 3.05) is 11.2 Å². The van der Waals surface area contributed by atoms with E-state index in [1.54, 1.807) is 23.6 Å². The Bertz CT molecular complexity index is 960. The third-order valence-corrected chi connectivity index (χ3v) is 5.25. The second-order valence-electron chi connectivity index (χ2n) is 4.98. The van der Waals surface area contributed by atoms with Gasteiger partial charge in [0.2, 0.25) is 5.13 Å². The van der Waals surface area contributed by atoms with Crippen molar-refractivity contribution in [3.8, 4) is 0 Å². The van der Waals surface area contributed by atoms with E-state index in [4.69, 9.17) is 17.3 Å². The molecule has 0 unspecified atom stereocenters. The van der Waals surface area contributed by atoms with Crippen LogP contribution in [0.1, 0.15) is 5.56 Å². The number of anilines is 2. The monoisotopic (exact) mass is 405 g/mol. The number of hydrogen-bond donors (Lipinski definition) is 2. The predicted octanol–water partition coefficient (Wildman–Crippen LogP) is 4.88. The second-order valence-corrected chi connectivity index (χ2v) is 7.39. The maximum atomic E-state index is 11.1. The number of nitrogen functional groups attached to an aromatic ring is 1. The predicted molar refractivity (Wildman–Crippen MR) is 106 cm³/mol. The minimum atomic E-state index is -0.441. The van der Waals surface area contributed by atoms with Crippen LogP contribution in [-0.2, 0) is 0 Å². The van der Waals surface area contributed by atoms with Gasteiger partial charge in [0.05, 0.1) is 11.1 Å². The first-order chi connectivity index (χ1) is 12.5. The van der Waals surface area contributed by atoms with Gasteiger partial charge in [-0.3, -0.25) is 15.5 Å². The van der Waals surface area contributed by atoms with E-state index in [9.17, 15) is 10.1 Å². The van der Waals surface area contributed by atoms with Gasteiger partial charge in [-0.25, -0.2) is 4.98 Å². The first kappa shape index (κ1) is 18.2. The molecule has 0 fully saturated rings. The van der Waals surface area contributed by atoms with Crippen LogP contribution in [0.3, 0.4) is 0 Å². The van der Waals surface area contributed by atoms with Crippen molar-refractivity contribution < 1.29 is 4.92 Å². The number of halogens is 1. The van der Waals surface area contributed by atoms with Crippen molar-refractivity contribution in [2.24, 2.45) is 5.10 Å². The molecule has 0 radical (unpaired) electrons. The average Bonchev–Trinajstić information content (AvgIpc) is 3.03. The summed E-state index contributed by atoms with van der Waals surface area (Å²) in [6.45, 7) is 0. The van der Waals surface area contributed by atoms with E-state index in [-0.39, 0.29) is 5.69 Å². The van der Waals surface area contributed by atoms with Crippen LogP contribution >= 0.6 is 34.7 Å². The first-order valence-corrected chi connectivity index (χ1v) is 9.30. The molecule has 3 rings (SSSR count). The van der Waals surface area contributed by atoms with Gasteiger partial charge in [0.25, 0.3) is 5.69 Å². The number of nitrogens with zero attached hydrogens (tertiary/aromatic N) is 3. The summed E-state index contributed by atoms with van der Waals surface area (Å²) in [5.74, 6) is 0.405. The van der Waals surface area contributed by atoms with Gasteiger partial charge in [-0.1, -0.05) is 23.4 Å². The normalized spacial score (nSPS) is 11.0. The van der Waals surface area contributed by atoms with Crippen molar-refractivity contribution in [3.63, 3.8) is 0 Å². The highest BCUT2D eigenvalue weighted by Crippen LogP contribution is 2.32. The van der Waals surface area contributed by atoms with Crippen LogP contribution in [0, 0.1) is 10.1 Å². The van der Waals surface area contributed by atoms with Crippen LogP contribution in [-0.4, -0.2) is 16.1 Å². The van der Waals surface area contributed by atoms with Gasteiger partial charge in [0.15, 0.2) is 0 Å². The van der Waals surface area contributed by atoms with Crippen LogP contribution < -0.4 is 11.2 Å². The molecular weight excluding hydrogens is 394 g/mol. The number of hydrazone groups is 1. The van der Waals surface area contributed by atoms with Gasteiger partial charge in [-0.15, -0.1) is 11.3 Å². The molecule has 0 bridgehead atoms. The largest absolute Gasteiger partial charge is 0.383 e. The molecule has 2 aromatic carbocycles. The number of nitrogens with two attached hydrogens (primary N) is 1. The molecule has 7 nitrogen and oxygen atoms in total. The minimum absolute atomic E-state index is 0.00889. The molecule has 0 aliphatic heterocycles. The quantitative estimate of drug-likeness (QED) is 0.343. The molecule has 3 aromatic rings. The van der Waals surface area contributed by atoms with Gasteiger partial charge in [-0.2, -0.15) is 5.10 Å². The average molecular weight is 406 g/mol. The molecule has 3 N–H and O–H groups in total. The number of rotatable bonds is 6. The summed E-state index contributed by atoms with van der Waals surface area (Å²) in [6.07, 6.45) is 1.52. The van der Waals surface area contributed by atoms with Gasteiger partial charge in [0.1, 0.15) is 5.82 Å². The molecule has 0 atom stereocenters. The third kappa shape index (κ3) is 4.72. The van der Waals surface area contributed by atoms with Gasteiger partial charge >= 0.3 is 0 Å². The lowest BCUT2D eigenvalue weighted by atomic mass is 10.2. The van der Waals surface area contributed by atoms with Crippen molar-refractivity contribution in [3.05, 3.63) is 68.5 Å². The number of aromatic nitrogens is 1. The van der Waals surface area contributed by atoms with Crippen LogP contribution in [0.5, 0.6) is 0 Å². The molecule has 10 heteroatoms. The topological polar surface area (TPSA) is 106 Å². The number of non-ortho nitro benzene ring substituents is 1. The van der Waals surface area contributed by atoms with E-state index < -0.39 is 4.92 Å². The zero-order chi connectivity index (χ0) is 18.5. The molecule has 132 valence electrons. The van der Waals surface area contributed by atoms with Crippen molar-refractivity contribution in [2.45, 2.75) is 9.79 Å². The molecule has 0 aliphatic rings. The van der Waals surface area contributed by atoms with Crippen LogP contribution in [0.4, 0.5) is 16.6 Å². The molecule has 0 aliphatic carbocycles. The van der Waals surface area contributed by atoms with E-state index in [0.717, 1.165) is 9.79 Å². The van der Waals surface area contributed by atoms with Gasteiger partial charge in [0, 0.05) is 37.9 Å². The molecule has 0 saturated heterocycles. The Hall–Kier alpha value is -2.62. The molecular formula is C16H12ClN5O2S2. The highest BCUT2D eigenvalue weighted by Gasteiger charge is 2.11. The summed E-state index contributed by atoms with van der Waals surface area (Å²) in [6, 6.07) is 12.0. The van der Waals surface area contributed by atoms with Crippen LogP contribution in [0.25, 0.3) is 0 Å². The van der Waals surface area contributed by atoms with Crippen molar-refractivity contribution >= 4 is 57.6 Å². The van der Waals surface area contributed by atoms with Crippen LogP contribution in [0.2, 0.25) is 5.02 Å². The highest BCUT2D eigenvalue weighted by atomic mass is 35.5. The smallest absolute Gasteiger partial charge is 0.270 e. The van der Waals surface area contributed by atoms with Crippen molar-refractivity contribution in [1.29, 1.82) is 0 Å². The summed E-state index contributed by atoms with van der Waals surface area (Å²) < 4.78 is 0. The molecule has 1 heterocycles. The standard InChI is InChI=1S/C16H12ClN5O2S2/c17-11-1-4-13(5-2-11)26-14-6-3-12(22(23)24)7-10(14)8-19-21-16-20-15(18)9-25-16/h1-9H,18H2,(H,20,21). The van der Waals surface area contributed by atoms with E-state index in [2.05, 4.69) is 15.5 Å². The van der Waals surface area contributed by atoms with E-state index in [1.165, 1.54) is 41.4 Å². The summed E-state index contributed by atoms with van der Waals surface area (Å²) in [5.41, 5.74) is 8.92. The first-order valence-electron chi connectivity index (χ1n) is 7.23. The Morgan fingerprint density at radius 2 is 2.08 bits per heavy atom. The van der Waals surface area contributed by atoms with Gasteiger partial charge in [-0.05, 0) is 30.3 Å². The maximum Gasteiger partial charge on any atom is 0.270 e. The number of nitro benzene ring substituents is 1. The zero-order valence-electron chi connectivity index (χ0n) is 13.1. The number of benzene rings is 2. The Labute approximate surface area is 162 Å². The molecule has 0 saturated carbocycles. The Morgan fingerprint density at radius 3 is 2.73 bits per heavy atom. The van der Waals surface area contributed by atoms with Gasteiger partial charge < -0.3 is 5.73 Å². The Morgan fingerprint density at radius 1 is 1.31 bits per heavy atom. The lowest BCUT2D eigenvalue weighted by molar-refractivity contribution is -0.384. The second kappa shape index (κ2) is 8.17. The fourth-order valence-electron chi connectivity index (χ4n) is 1.97. The third-order valence-electron chi connectivity index (χ3n) is 3.13. The van der Waals surface area contributed by atoms with E-state index in [1.807, 2.05) is 12.1 Å². The number of nitrogens with one attached hydrogen (secondary N) is 1. The molecule has 0 amide bonds. The highest BCUT2D eigenvalue weighted by molar-refractivity contribution is 7.99. The summed E-state index contributed by atoms with van der Waals surface area (Å²) in [5, 5.41) is 18.0.